The lowest BCUT2D eigenvalue weighted by molar-refractivity contribution is -0.158. The van der Waals surface area contributed by atoms with E-state index in [4.69, 9.17) is 8.85 Å². The van der Waals surface area contributed by atoms with Crippen LogP contribution in [0.5, 0.6) is 0 Å². The maximum absolute atomic E-state index is 11.0. The Morgan fingerprint density at radius 1 is 0.846 bits per heavy atom. The van der Waals surface area contributed by atoms with Gasteiger partial charge in [-0.05, 0) is 36.3 Å². The van der Waals surface area contributed by atoms with Crippen molar-refractivity contribution in [3.05, 3.63) is 0 Å². The van der Waals surface area contributed by atoms with E-state index in [1.807, 2.05) is 0 Å². The van der Waals surface area contributed by atoms with E-state index in [-0.39, 0.29) is 29.5 Å². The lowest BCUT2D eigenvalue weighted by Gasteiger charge is -2.50. The van der Waals surface area contributed by atoms with Gasteiger partial charge in [0.25, 0.3) is 0 Å². The number of rotatable bonds is 5. The molecule has 0 aromatic rings. The molecule has 1 saturated carbocycles. The smallest absolute Gasteiger partial charge is 0.192 e. The molecule has 0 bridgehead atoms. The van der Waals surface area contributed by atoms with Crippen molar-refractivity contribution in [2.45, 2.75) is 115 Å². The largest absolute Gasteiger partial charge is 0.411 e. The Balaban J connectivity index is 3.11. The minimum Gasteiger partial charge on any atom is -0.411 e. The second kappa shape index (κ2) is 7.57. The van der Waals surface area contributed by atoms with E-state index >= 15 is 0 Å². The Labute approximate surface area is 162 Å². The summed E-state index contributed by atoms with van der Waals surface area (Å²) in [7, 11) is -4.26. The summed E-state index contributed by atoms with van der Waals surface area (Å²) in [5.41, 5.74) is -1.28. The molecule has 26 heavy (non-hydrogen) atoms. The van der Waals surface area contributed by atoms with Gasteiger partial charge in [-0.3, -0.25) is 0 Å². The molecule has 5 nitrogen and oxygen atoms in total. The summed E-state index contributed by atoms with van der Waals surface area (Å²) in [5.74, 6) is 0. The summed E-state index contributed by atoms with van der Waals surface area (Å²) in [6.45, 7) is 21.1. The molecule has 1 aliphatic carbocycles. The molecule has 0 aliphatic heterocycles. The van der Waals surface area contributed by atoms with E-state index < -0.39 is 40.5 Å². The topological polar surface area (TPSA) is 79.2 Å². The summed E-state index contributed by atoms with van der Waals surface area (Å²) >= 11 is 0. The van der Waals surface area contributed by atoms with Crippen molar-refractivity contribution in [2.24, 2.45) is 0 Å². The predicted molar refractivity (Wildman–Crippen MR) is 111 cm³/mol. The van der Waals surface area contributed by atoms with E-state index in [0.29, 0.717) is 0 Å². The molecule has 7 heteroatoms. The first kappa shape index (κ1) is 24.3. The average molecular weight is 407 g/mol. The summed E-state index contributed by atoms with van der Waals surface area (Å²) in [6, 6.07) is 0. The maximum Gasteiger partial charge on any atom is 0.192 e. The molecule has 0 spiro atoms. The molecule has 1 fully saturated rings. The molecule has 1 rings (SSSR count). The van der Waals surface area contributed by atoms with Gasteiger partial charge in [-0.2, -0.15) is 0 Å². The fraction of sp³-hybridized carbons (Fsp3) is 1.00. The van der Waals surface area contributed by atoms with Gasteiger partial charge in [0.05, 0.1) is 24.4 Å². The Hall–Kier alpha value is 0.234. The molecule has 1 aliphatic rings. The molecule has 0 radical (unpaired) electrons. The van der Waals surface area contributed by atoms with Crippen LogP contribution in [-0.4, -0.2) is 62.5 Å². The highest BCUT2D eigenvalue weighted by Gasteiger charge is 2.51. The van der Waals surface area contributed by atoms with Gasteiger partial charge in [0.2, 0.25) is 0 Å². The highest BCUT2D eigenvalue weighted by molar-refractivity contribution is 6.74. The quantitative estimate of drug-likeness (QED) is 0.607. The minimum atomic E-state index is -2.13. The van der Waals surface area contributed by atoms with Crippen molar-refractivity contribution in [1.29, 1.82) is 0 Å². The van der Waals surface area contributed by atoms with Crippen molar-refractivity contribution >= 4 is 16.6 Å². The van der Waals surface area contributed by atoms with Crippen LogP contribution in [0.2, 0.25) is 36.3 Å². The lowest BCUT2D eigenvalue weighted by Crippen LogP contribution is -2.61. The highest BCUT2D eigenvalue weighted by Crippen LogP contribution is 2.43. The SMILES string of the molecule is CC(C)(C)[Si](C)(C)OC1CC(O)(CO)CC(O[Si](C)(C)C(C)(C)C)C1O. The van der Waals surface area contributed by atoms with Crippen LogP contribution in [0.3, 0.4) is 0 Å². The maximum atomic E-state index is 11.0. The molecule has 0 aromatic carbocycles. The fourth-order valence-electron chi connectivity index (χ4n) is 2.78. The zero-order valence-corrected chi connectivity index (χ0v) is 20.5. The minimum absolute atomic E-state index is 0.00270. The van der Waals surface area contributed by atoms with E-state index in [1.165, 1.54) is 0 Å². The monoisotopic (exact) mass is 406 g/mol. The first-order valence-electron chi connectivity index (χ1n) is 9.72. The summed E-state index contributed by atoms with van der Waals surface area (Å²) < 4.78 is 12.9. The Kier molecular flexibility index (Phi) is 7.07. The molecule has 2 atom stereocenters. The zero-order valence-electron chi connectivity index (χ0n) is 18.5. The number of hydrogen-bond donors (Lipinski definition) is 3. The first-order chi connectivity index (χ1) is 11.4. The molecule has 0 aromatic heterocycles. The van der Waals surface area contributed by atoms with Gasteiger partial charge in [-0.25, -0.2) is 0 Å². The Morgan fingerprint density at radius 3 is 1.38 bits per heavy atom. The van der Waals surface area contributed by atoms with Crippen molar-refractivity contribution < 1.29 is 24.2 Å². The van der Waals surface area contributed by atoms with Crippen molar-refractivity contribution in [2.75, 3.05) is 6.61 Å². The van der Waals surface area contributed by atoms with Gasteiger partial charge in [-0.1, -0.05) is 41.5 Å². The third-order valence-electron chi connectivity index (χ3n) is 6.72. The van der Waals surface area contributed by atoms with Crippen molar-refractivity contribution in [3.8, 4) is 0 Å². The lowest BCUT2D eigenvalue weighted by atomic mass is 9.80. The molecule has 0 amide bonds. The third kappa shape index (κ3) is 5.40. The van der Waals surface area contributed by atoms with Gasteiger partial charge in [-0.15, -0.1) is 0 Å². The van der Waals surface area contributed by atoms with Crippen LogP contribution in [0.15, 0.2) is 0 Å². The summed E-state index contributed by atoms with van der Waals surface area (Å²) in [4.78, 5) is 0. The van der Waals surface area contributed by atoms with Crippen molar-refractivity contribution in [1.82, 2.24) is 0 Å². The van der Waals surface area contributed by atoms with Crippen LogP contribution < -0.4 is 0 Å². The number of aliphatic hydroxyl groups excluding tert-OH is 2. The molecule has 156 valence electrons. The molecule has 3 N–H and O–H groups in total. The van der Waals surface area contributed by atoms with Gasteiger partial charge in [0, 0.05) is 12.8 Å². The third-order valence-corrected chi connectivity index (χ3v) is 15.7. The number of aliphatic hydroxyl groups is 3. The van der Waals surface area contributed by atoms with Crippen LogP contribution in [0.1, 0.15) is 54.4 Å². The predicted octanol–water partition coefficient (Wildman–Crippen LogP) is 3.65. The highest BCUT2D eigenvalue weighted by atomic mass is 28.4. The average Bonchev–Trinajstić information content (AvgIpc) is 2.41. The zero-order chi connectivity index (χ0) is 20.8. The van der Waals surface area contributed by atoms with Crippen LogP contribution in [0.25, 0.3) is 0 Å². The van der Waals surface area contributed by atoms with Gasteiger partial charge in [0.15, 0.2) is 16.6 Å². The molecule has 0 heterocycles. The molecule has 2 unspecified atom stereocenters. The first-order valence-corrected chi connectivity index (χ1v) is 15.5. The van der Waals surface area contributed by atoms with Gasteiger partial charge >= 0.3 is 0 Å². The molecule has 0 saturated heterocycles. The summed E-state index contributed by atoms with van der Waals surface area (Å²) in [6.07, 6.45) is -1.40. The normalized spacial score (nSPS) is 32.0. The van der Waals surface area contributed by atoms with Gasteiger partial charge in [0.1, 0.15) is 6.10 Å². The van der Waals surface area contributed by atoms with E-state index in [2.05, 4.69) is 67.7 Å². The van der Waals surface area contributed by atoms with Crippen LogP contribution in [0.4, 0.5) is 0 Å². The molecular weight excluding hydrogens is 364 g/mol. The van der Waals surface area contributed by atoms with Crippen LogP contribution in [0, 0.1) is 0 Å². The number of hydrogen-bond acceptors (Lipinski definition) is 5. The molecular formula is C19H42O5Si2. The second-order valence-electron chi connectivity index (χ2n) is 11.1. The van der Waals surface area contributed by atoms with Gasteiger partial charge < -0.3 is 24.2 Å². The Morgan fingerprint density at radius 2 is 1.15 bits per heavy atom. The van der Waals surface area contributed by atoms with E-state index in [9.17, 15) is 15.3 Å². The second-order valence-corrected chi connectivity index (χ2v) is 20.6. The van der Waals surface area contributed by atoms with Crippen LogP contribution in [-0.2, 0) is 8.85 Å². The fourth-order valence-corrected chi connectivity index (χ4v) is 5.44. The van der Waals surface area contributed by atoms with E-state index in [0.717, 1.165) is 0 Å². The Bertz CT molecular complexity index is 441. The van der Waals surface area contributed by atoms with Crippen LogP contribution >= 0.6 is 0 Å². The van der Waals surface area contributed by atoms with E-state index in [1.54, 1.807) is 0 Å². The standard InChI is InChI=1S/C19H42O5Si2/c1-17(2,3)25(7,8)23-14-11-19(22,13-20)12-15(16(14)21)24-26(9,10)18(4,5)6/h14-16,20-22H,11-13H2,1-10H3. The summed E-state index contributed by atoms with van der Waals surface area (Å²) in [5, 5.41) is 31.6. The van der Waals surface area contributed by atoms with Crippen molar-refractivity contribution in [3.63, 3.8) is 0 Å².